The molecule has 1 heterocycles. The van der Waals surface area contributed by atoms with E-state index < -0.39 is 23.5 Å². The van der Waals surface area contributed by atoms with E-state index in [0.717, 1.165) is 4.46 Å². The predicted molar refractivity (Wildman–Crippen MR) is 112 cm³/mol. The van der Waals surface area contributed by atoms with Crippen LogP contribution in [0.1, 0.15) is 41.5 Å². The second kappa shape index (κ2) is 9.37. The Balaban J connectivity index is 2.38. The molecule has 1 aromatic rings. The molecule has 1 aliphatic heterocycles. The van der Waals surface area contributed by atoms with Gasteiger partial charge in [-0.05, 0) is 0 Å². The molecule has 162 valence electrons. The molecule has 0 aliphatic carbocycles. The van der Waals surface area contributed by atoms with Crippen molar-refractivity contribution in [3.05, 3.63) is 30.3 Å². The van der Waals surface area contributed by atoms with Gasteiger partial charge in [-0.25, -0.2) is 0 Å². The zero-order valence-corrected chi connectivity index (χ0v) is 20.0. The van der Waals surface area contributed by atoms with E-state index in [1.807, 2.05) is 65.0 Å². The maximum atomic E-state index is 13.1. The first-order valence-corrected chi connectivity index (χ1v) is 11.6. The number of likely N-dealkylation sites (N-methyl/N-ethyl adjacent to an activating group) is 1. The van der Waals surface area contributed by atoms with Crippen molar-refractivity contribution in [1.29, 1.82) is 0 Å². The Morgan fingerprint density at radius 3 is 2.48 bits per heavy atom. The average molecular weight is 471 g/mol. The Kier molecular flexibility index (Phi) is 7.60. The first-order valence-electron chi connectivity index (χ1n) is 9.74. The van der Waals surface area contributed by atoms with Crippen molar-refractivity contribution in [2.45, 2.75) is 63.9 Å². The van der Waals surface area contributed by atoms with Crippen molar-refractivity contribution in [3.63, 3.8) is 0 Å². The minimum absolute atomic E-state index is 0.141. The van der Waals surface area contributed by atoms with Crippen molar-refractivity contribution in [2.24, 2.45) is 0 Å². The van der Waals surface area contributed by atoms with E-state index in [-0.39, 0.29) is 32.5 Å². The van der Waals surface area contributed by atoms with Crippen LogP contribution in [0, 0.1) is 0 Å². The van der Waals surface area contributed by atoms with E-state index in [1.165, 1.54) is 0 Å². The molecule has 0 spiro atoms. The Hall–Kier alpha value is -1.76. The van der Waals surface area contributed by atoms with Gasteiger partial charge in [0.2, 0.25) is 0 Å². The van der Waals surface area contributed by atoms with Gasteiger partial charge in [-0.2, -0.15) is 0 Å². The maximum absolute atomic E-state index is 13.1. The Morgan fingerprint density at radius 2 is 1.93 bits per heavy atom. The molecule has 1 aromatic carbocycles. The second-order valence-corrected chi connectivity index (χ2v) is 10.8. The van der Waals surface area contributed by atoms with Gasteiger partial charge in [-0.1, -0.05) is 0 Å². The summed E-state index contributed by atoms with van der Waals surface area (Å²) in [5.74, 6) is 0. The molecule has 2 atom stereocenters. The molecule has 1 fully saturated rings. The standard InChI is InChI=1S/C21H32N2O5Se/c1-8-26-18(24)22(7)17(29-15-12-10-9-11-13-15)16-14-27-21(5,6)23(16)19(25)28-20(2,3)4/h9-13,16-17H,8,14H2,1-7H3/t16-,17+/m0/s1. The van der Waals surface area contributed by atoms with Gasteiger partial charge >= 0.3 is 180 Å². The minimum atomic E-state index is -0.840. The number of nitrogens with zero attached hydrogens (tertiary/aromatic N) is 2. The quantitative estimate of drug-likeness (QED) is 0.618. The summed E-state index contributed by atoms with van der Waals surface area (Å²) < 4.78 is 18.0. The van der Waals surface area contributed by atoms with Crippen LogP contribution in [0.25, 0.3) is 0 Å². The van der Waals surface area contributed by atoms with E-state index in [9.17, 15) is 9.59 Å². The number of rotatable bonds is 5. The van der Waals surface area contributed by atoms with Crippen LogP contribution in [0.5, 0.6) is 0 Å². The van der Waals surface area contributed by atoms with Crippen LogP contribution in [0.2, 0.25) is 0 Å². The monoisotopic (exact) mass is 472 g/mol. The van der Waals surface area contributed by atoms with E-state index in [2.05, 4.69) is 0 Å². The summed E-state index contributed by atoms with van der Waals surface area (Å²) in [6.07, 6.45) is -0.861. The van der Waals surface area contributed by atoms with Crippen LogP contribution < -0.4 is 4.46 Å². The van der Waals surface area contributed by atoms with Crippen molar-refractivity contribution in [1.82, 2.24) is 9.80 Å². The Morgan fingerprint density at radius 1 is 1.31 bits per heavy atom. The fourth-order valence-electron chi connectivity index (χ4n) is 3.09. The van der Waals surface area contributed by atoms with Gasteiger partial charge < -0.3 is 0 Å². The van der Waals surface area contributed by atoms with Crippen LogP contribution in [-0.4, -0.2) is 79.5 Å². The van der Waals surface area contributed by atoms with E-state index in [1.54, 1.807) is 23.8 Å². The fraction of sp³-hybridized carbons (Fsp3) is 0.619. The van der Waals surface area contributed by atoms with Crippen molar-refractivity contribution < 1.29 is 23.8 Å². The normalized spacial score (nSPS) is 19.6. The summed E-state index contributed by atoms with van der Waals surface area (Å²) in [4.78, 5) is 28.5. The Labute approximate surface area is 179 Å². The van der Waals surface area contributed by atoms with Crippen LogP contribution in [0.15, 0.2) is 30.3 Å². The first-order chi connectivity index (χ1) is 13.5. The van der Waals surface area contributed by atoms with Crippen molar-refractivity contribution >= 4 is 31.6 Å². The van der Waals surface area contributed by atoms with Crippen LogP contribution in [0.4, 0.5) is 9.59 Å². The number of ether oxygens (including phenoxy) is 3. The summed E-state index contributed by atoms with van der Waals surface area (Å²) in [6, 6.07) is 9.61. The van der Waals surface area contributed by atoms with Crippen LogP contribution in [-0.2, 0) is 14.2 Å². The number of hydrogen-bond donors (Lipinski definition) is 0. The molecule has 0 radical (unpaired) electrons. The van der Waals surface area contributed by atoms with Gasteiger partial charge in [0.05, 0.1) is 0 Å². The molecule has 7 nitrogen and oxygen atoms in total. The third kappa shape index (κ3) is 6.11. The zero-order valence-electron chi connectivity index (χ0n) is 18.3. The molecule has 0 bridgehead atoms. The molecule has 0 N–H and O–H groups in total. The molecule has 2 amide bonds. The summed E-state index contributed by atoms with van der Waals surface area (Å²) in [6.45, 7) is 11.6. The number of hydrogen-bond acceptors (Lipinski definition) is 5. The Bertz CT molecular complexity index is 705. The summed E-state index contributed by atoms with van der Waals surface area (Å²) in [5.41, 5.74) is -1.47. The second-order valence-electron chi connectivity index (χ2n) is 8.31. The summed E-state index contributed by atoms with van der Waals surface area (Å²) >= 11 is -0.141. The predicted octanol–water partition coefficient (Wildman–Crippen LogP) is 2.80. The van der Waals surface area contributed by atoms with E-state index in [4.69, 9.17) is 14.2 Å². The van der Waals surface area contributed by atoms with Crippen molar-refractivity contribution in [2.75, 3.05) is 20.3 Å². The van der Waals surface area contributed by atoms with Gasteiger partial charge in [0, 0.05) is 0 Å². The molecule has 2 rings (SSSR count). The van der Waals surface area contributed by atoms with Gasteiger partial charge in [-0.15, -0.1) is 0 Å². The summed E-state index contributed by atoms with van der Waals surface area (Å²) in [7, 11) is 1.71. The topological polar surface area (TPSA) is 68.3 Å². The van der Waals surface area contributed by atoms with Gasteiger partial charge in [0.25, 0.3) is 0 Å². The number of amides is 2. The molecule has 8 heteroatoms. The number of benzene rings is 1. The third-order valence-corrected chi connectivity index (χ3v) is 7.35. The molecule has 0 saturated carbocycles. The first kappa shape index (κ1) is 23.5. The fourth-order valence-corrected chi connectivity index (χ4v) is 5.60. The van der Waals surface area contributed by atoms with Gasteiger partial charge in [-0.3, -0.25) is 0 Å². The SMILES string of the molecule is CCOC(=O)N(C)[C@H]([Se]c1ccccc1)[C@@H]1COC(C)(C)N1C(=O)OC(C)(C)C. The number of carbonyl (C=O) groups excluding carboxylic acids is 2. The van der Waals surface area contributed by atoms with Crippen LogP contribution in [0.3, 0.4) is 0 Å². The average Bonchev–Trinajstić information content (AvgIpc) is 2.93. The van der Waals surface area contributed by atoms with Crippen molar-refractivity contribution in [3.8, 4) is 0 Å². The molecular weight excluding hydrogens is 439 g/mol. The molecular formula is C21H32N2O5Se. The number of carbonyl (C=O) groups is 2. The third-order valence-electron chi connectivity index (χ3n) is 4.38. The van der Waals surface area contributed by atoms with Gasteiger partial charge in [0.1, 0.15) is 0 Å². The molecule has 0 aromatic heterocycles. The van der Waals surface area contributed by atoms with E-state index in [0.29, 0.717) is 6.61 Å². The molecule has 0 unspecified atom stereocenters. The van der Waals surface area contributed by atoms with E-state index >= 15 is 0 Å². The zero-order chi connectivity index (χ0) is 21.8. The molecule has 29 heavy (non-hydrogen) atoms. The molecule has 1 saturated heterocycles. The summed E-state index contributed by atoms with van der Waals surface area (Å²) in [5, 5.41) is 0. The van der Waals surface area contributed by atoms with Crippen LogP contribution >= 0.6 is 0 Å². The molecule has 1 aliphatic rings. The van der Waals surface area contributed by atoms with Gasteiger partial charge in [0.15, 0.2) is 0 Å².